The van der Waals surface area contributed by atoms with E-state index in [4.69, 9.17) is 5.73 Å². The second kappa shape index (κ2) is 5.29. The van der Waals surface area contributed by atoms with Crippen molar-refractivity contribution in [3.05, 3.63) is 29.8 Å². The van der Waals surface area contributed by atoms with Crippen molar-refractivity contribution in [2.24, 2.45) is 5.73 Å². The Labute approximate surface area is 101 Å². The number of hydrogen-bond donors (Lipinski definition) is 1. The van der Waals surface area contributed by atoms with Crippen LogP contribution in [0, 0.1) is 0 Å². The summed E-state index contributed by atoms with van der Waals surface area (Å²) in [5.74, 6) is -0.171. The third kappa shape index (κ3) is 3.54. The molecule has 17 heavy (non-hydrogen) atoms. The molecule has 0 saturated heterocycles. The molecule has 0 aliphatic rings. The molecular formula is C11H16N2O3S. The number of hydrogen-bond acceptors (Lipinski definition) is 4. The topological polar surface area (TPSA) is 80.5 Å². The van der Waals surface area contributed by atoms with E-state index in [2.05, 4.69) is 0 Å². The van der Waals surface area contributed by atoms with Crippen molar-refractivity contribution in [2.45, 2.75) is 4.90 Å². The first-order valence-corrected chi connectivity index (χ1v) is 7.01. The van der Waals surface area contributed by atoms with Crippen molar-refractivity contribution >= 4 is 15.7 Å². The van der Waals surface area contributed by atoms with Gasteiger partial charge in [0, 0.05) is 32.0 Å². The molecule has 2 N–H and O–H groups in total. The van der Waals surface area contributed by atoms with Gasteiger partial charge in [-0.05, 0) is 24.3 Å². The van der Waals surface area contributed by atoms with Crippen molar-refractivity contribution in [1.82, 2.24) is 4.90 Å². The molecule has 0 atom stereocenters. The summed E-state index contributed by atoms with van der Waals surface area (Å²) in [6, 6.07) is 5.87. The van der Waals surface area contributed by atoms with Crippen molar-refractivity contribution in [3.63, 3.8) is 0 Å². The van der Waals surface area contributed by atoms with E-state index < -0.39 is 9.84 Å². The summed E-state index contributed by atoms with van der Waals surface area (Å²) in [6.45, 7) is 0.857. The van der Waals surface area contributed by atoms with Gasteiger partial charge in [0.05, 0.1) is 4.90 Å². The highest BCUT2D eigenvalue weighted by molar-refractivity contribution is 7.90. The van der Waals surface area contributed by atoms with Crippen molar-refractivity contribution in [1.29, 1.82) is 0 Å². The molecule has 6 heteroatoms. The fourth-order valence-electron chi connectivity index (χ4n) is 1.36. The third-order valence-corrected chi connectivity index (χ3v) is 3.47. The van der Waals surface area contributed by atoms with E-state index in [9.17, 15) is 13.2 Å². The molecule has 5 nitrogen and oxygen atoms in total. The van der Waals surface area contributed by atoms with E-state index in [1.807, 2.05) is 0 Å². The summed E-state index contributed by atoms with van der Waals surface area (Å²) in [6.07, 6.45) is 1.13. The highest BCUT2D eigenvalue weighted by Gasteiger charge is 2.12. The van der Waals surface area contributed by atoms with Crippen LogP contribution in [0.5, 0.6) is 0 Å². The molecule has 0 bridgehead atoms. The lowest BCUT2D eigenvalue weighted by Gasteiger charge is -2.15. The molecule has 0 saturated carbocycles. The predicted molar refractivity (Wildman–Crippen MR) is 65.6 cm³/mol. The van der Waals surface area contributed by atoms with Gasteiger partial charge in [-0.3, -0.25) is 4.79 Å². The zero-order valence-corrected chi connectivity index (χ0v) is 10.7. The molecular weight excluding hydrogens is 240 g/mol. The first kappa shape index (κ1) is 13.7. The van der Waals surface area contributed by atoms with Gasteiger partial charge in [-0.25, -0.2) is 8.42 Å². The average molecular weight is 256 g/mol. The second-order valence-electron chi connectivity index (χ2n) is 3.81. The van der Waals surface area contributed by atoms with Crippen LogP contribution in [-0.2, 0) is 9.84 Å². The van der Waals surface area contributed by atoms with Crippen LogP contribution in [0.15, 0.2) is 29.2 Å². The standard InChI is InChI=1S/C11H16N2O3S/c1-13(8-7-12)11(14)9-3-5-10(6-4-9)17(2,15)16/h3-6H,7-8,12H2,1-2H3. The molecule has 94 valence electrons. The van der Waals surface area contributed by atoms with E-state index in [1.165, 1.54) is 29.2 Å². The summed E-state index contributed by atoms with van der Waals surface area (Å²) in [4.78, 5) is 13.5. The second-order valence-corrected chi connectivity index (χ2v) is 5.83. The Balaban J connectivity index is 2.92. The third-order valence-electron chi connectivity index (χ3n) is 2.34. The molecule has 0 spiro atoms. The number of carbonyl (C=O) groups excluding carboxylic acids is 1. The van der Waals surface area contributed by atoms with Crippen LogP contribution in [0.25, 0.3) is 0 Å². The maximum Gasteiger partial charge on any atom is 0.253 e. The Morgan fingerprint density at radius 2 is 1.82 bits per heavy atom. The van der Waals surface area contributed by atoms with E-state index >= 15 is 0 Å². The van der Waals surface area contributed by atoms with E-state index in [0.717, 1.165) is 6.26 Å². The van der Waals surface area contributed by atoms with Crippen molar-refractivity contribution in [2.75, 3.05) is 26.4 Å². The minimum absolute atomic E-state index is 0.171. The molecule has 0 aromatic heterocycles. The molecule has 1 rings (SSSR count). The van der Waals surface area contributed by atoms with Crippen LogP contribution in [0.4, 0.5) is 0 Å². The quantitative estimate of drug-likeness (QED) is 0.829. The highest BCUT2D eigenvalue weighted by atomic mass is 32.2. The minimum atomic E-state index is -3.22. The number of nitrogens with two attached hydrogens (primary N) is 1. The fourth-order valence-corrected chi connectivity index (χ4v) is 1.99. The molecule has 0 radical (unpaired) electrons. The van der Waals surface area contributed by atoms with Gasteiger partial charge in [0.15, 0.2) is 9.84 Å². The van der Waals surface area contributed by atoms with E-state index in [-0.39, 0.29) is 10.8 Å². The van der Waals surface area contributed by atoms with Gasteiger partial charge in [-0.1, -0.05) is 0 Å². The van der Waals surface area contributed by atoms with Crippen LogP contribution < -0.4 is 5.73 Å². The Hall–Kier alpha value is -1.40. The molecule has 1 aromatic rings. The van der Waals surface area contributed by atoms with Crippen LogP contribution in [0.3, 0.4) is 0 Å². The normalized spacial score (nSPS) is 11.2. The number of nitrogens with zero attached hydrogens (tertiary/aromatic N) is 1. The molecule has 0 aliphatic carbocycles. The molecule has 0 unspecified atom stereocenters. The lowest BCUT2D eigenvalue weighted by atomic mass is 10.2. The lowest BCUT2D eigenvalue weighted by Crippen LogP contribution is -2.31. The summed E-state index contributed by atoms with van der Waals surface area (Å²) in [7, 11) is -1.57. The number of carbonyl (C=O) groups is 1. The molecule has 1 aromatic carbocycles. The van der Waals surface area contributed by atoms with Gasteiger partial charge in [0.2, 0.25) is 0 Å². The van der Waals surface area contributed by atoms with Gasteiger partial charge < -0.3 is 10.6 Å². The fraction of sp³-hybridized carbons (Fsp3) is 0.364. The molecule has 0 heterocycles. The Bertz CT molecular complexity index is 494. The summed E-state index contributed by atoms with van der Waals surface area (Å²) in [5, 5.41) is 0. The first-order chi connectivity index (χ1) is 7.86. The van der Waals surface area contributed by atoms with Gasteiger partial charge in [-0.15, -0.1) is 0 Å². The van der Waals surface area contributed by atoms with Gasteiger partial charge >= 0.3 is 0 Å². The Morgan fingerprint density at radius 1 is 1.29 bits per heavy atom. The molecule has 0 aliphatic heterocycles. The number of amides is 1. The number of rotatable bonds is 4. The van der Waals surface area contributed by atoms with Crippen LogP contribution in [-0.4, -0.2) is 45.6 Å². The largest absolute Gasteiger partial charge is 0.340 e. The number of benzene rings is 1. The summed E-state index contributed by atoms with van der Waals surface area (Å²) < 4.78 is 22.5. The van der Waals surface area contributed by atoms with Crippen LogP contribution >= 0.6 is 0 Å². The maximum absolute atomic E-state index is 11.8. The Morgan fingerprint density at radius 3 is 2.24 bits per heavy atom. The zero-order valence-electron chi connectivity index (χ0n) is 9.88. The van der Waals surface area contributed by atoms with Gasteiger partial charge in [0.25, 0.3) is 5.91 Å². The van der Waals surface area contributed by atoms with Gasteiger partial charge in [0.1, 0.15) is 0 Å². The van der Waals surface area contributed by atoms with Crippen molar-refractivity contribution in [3.8, 4) is 0 Å². The highest BCUT2D eigenvalue weighted by Crippen LogP contribution is 2.11. The zero-order chi connectivity index (χ0) is 13.1. The van der Waals surface area contributed by atoms with Gasteiger partial charge in [-0.2, -0.15) is 0 Å². The molecule has 1 amide bonds. The molecule has 0 fully saturated rings. The predicted octanol–water partition coefficient (Wildman–Crippen LogP) is 0.121. The average Bonchev–Trinajstić information content (AvgIpc) is 2.27. The smallest absolute Gasteiger partial charge is 0.253 e. The number of sulfone groups is 1. The SMILES string of the molecule is CN(CCN)C(=O)c1ccc(S(C)(=O)=O)cc1. The van der Waals surface area contributed by atoms with Crippen LogP contribution in [0.2, 0.25) is 0 Å². The first-order valence-electron chi connectivity index (χ1n) is 5.12. The lowest BCUT2D eigenvalue weighted by molar-refractivity contribution is 0.0799. The maximum atomic E-state index is 11.8. The summed E-state index contributed by atoms with van der Waals surface area (Å²) in [5.41, 5.74) is 5.81. The Kier molecular flexibility index (Phi) is 4.25. The minimum Gasteiger partial charge on any atom is -0.340 e. The number of likely N-dealkylation sites (N-methyl/N-ethyl adjacent to an activating group) is 1. The van der Waals surface area contributed by atoms with E-state index in [0.29, 0.717) is 18.7 Å². The monoisotopic (exact) mass is 256 g/mol. The van der Waals surface area contributed by atoms with Crippen molar-refractivity contribution < 1.29 is 13.2 Å². The van der Waals surface area contributed by atoms with E-state index in [1.54, 1.807) is 7.05 Å². The summed E-state index contributed by atoms with van der Waals surface area (Å²) >= 11 is 0. The van der Waals surface area contributed by atoms with Crippen LogP contribution in [0.1, 0.15) is 10.4 Å².